The number of nitrogens with zero attached hydrogens (tertiary/aromatic N) is 1. The van der Waals surface area contributed by atoms with Crippen LogP contribution < -0.4 is 5.73 Å². The number of pyridine rings is 1. The molecule has 0 aliphatic rings. The highest BCUT2D eigenvalue weighted by atomic mass is 14.8. The first-order valence-corrected chi connectivity index (χ1v) is 5.38. The largest absolute Gasteiger partial charge is 0.321 e. The molecule has 0 amide bonds. The first kappa shape index (κ1) is 10.8. The Balaban J connectivity index is 2.34. The minimum absolute atomic E-state index is 0.380. The van der Waals surface area contributed by atoms with Crippen molar-refractivity contribution in [3.8, 4) is 11.1 Å². The third-order valence-corrected chi connectivity index (χ3v) is 2.53. The molecular weight excluding hydrogens is 196 g/mol. The molecule has 1 aromatic heterocycles. The van der Waals surface area contributed by atoms with E-state index in [2.05, 4.69) is 23.2 Å². The van der Waals surface area contributed by atoms with E-state index in [1.807, 2.05) is 44.3 Å². The normalized spacial score (nSPS) is 11.4. The summed E-state index contributed by atoms with van der Waals surface area (Å²) in [7, 11) is 0. The molecule has 0 fully saturated rings. The Bertz CT molecular complexity index is 452. The molecule has 0 unspecified atom stereocenters. The van der Waals surface area contributed by atoms with Crippen molar-refractivity contribution in [1.29, 1.82) is 0 Å². The zero-order chi connectivity index (χ0) is 11.6. The topological polar surface area (TPSA) is 38.9 Å². The Morgan fingerprint density at radius 3 is 2.12 bits per heavy atom. The SMILES string of the molecule is CC(C)(N)c1ccc(-c2ccccc2)cn1. The summed E-state index contributed by atoms with van der Waals surface area (Å²) in [5.41, 5.74) is 8.81. The fourth-order valence-electron chi connectivity index (χ4n) is 1.58. The molecule has 16 heavy (non-hydrogen) atoms. The van der Waals surface area contributed by atoms with Gasteiger partial charge in [0, 0.05) is 11.8 Å². The lowest BCUT2D eigenvalue weighted by Crippen LogP contribution is -2.29. The summed E-state index contributed by atoms with van der Waals surface area (Å²) in [6, 6.07) is 14.3. The van der Waals surface area contributed by atoms with Gasteiger partial charge in [-0.2, -0.15) is 0 Å². The van der Waals surface area contributed by atoms with Crippen molar-refractivity contribution in [2.24, 2.45) is 5.73 Å². The van der Waals surface area contributed by atoms with Crippen molar-refractivity contribution < 1.29 is 0 Å². The van der Waals surface area contributed by atoms with E-state index in [-0.39, 0.29) is 5.54 Å². The highest BCUT2D eigenvalue weighted by Crippen LogP contribution is 2.20. The molecule has 2 heteroatoms. The molecule has 0 spiro atoms. The molecule has 2 rings (SSSR count). The van der Waals surface area contributed by atoms with Crippen molar-refractivity contribution in [1.82, 2.24) is 4.98 Å². The maximum absolute atomic E-state index is 5.98. The minimum Gasteiger partial charge on any atom is -0.321 e. The van der Waals surface area contributed by atoms with Gasteiger partial charge in [0.05, 0.1) is 11.2 Å². The Kier molecular flexibility index (Phi) is 2.75. The molecule has 82 valence electrons. The van der Waals surface area contributed by atoms with E-state index in [0.717, 1.165) is 11.3 Å². The second kappa shape index (κ2) is 4.06. The van der Waals surface area contributed by atoms with E-state index in [4.69, 9.17) is 5.73 Å². The van der Waals surface area contributed by atoms with Crippen LogP contribution in [0.15, 0.2) is 48.7 Å². The van der Waals surface area contributed by atoms with Crippen LogP contribution in [0.25, 0.3) is 11.1 Å². The van der Waals surface area contributed by atoms with Gasteiger partial charge in [0.25, 0.3) is 0 Å². The predicted molar refractivity (Wildman–Crippen MR) is 66.9 cm³/mol. The van der Waals surface area contributed by atoms with E-state index in [1.165, 1.54) is 5.56 Å². The van der Waals surface area contributed by atoms with E-state index < -0.39 is 0 Å². The van der Waals surface area contributed by atoms with Crippen LogP contribution in [0.5, 0.6) is 0 Å². The van der Waals surface area contributed by atoms with Crippen LogP contribution in [-0.2, 0) is 5.54 Å². The van der Waals surface area contributed by atoms with Crippen molar-refractivity contribution in [2.75, 3.05) is 0 Å². The van der Waals surface area contributed by atoms with Crippen molar-refractivity contribution in [2.45, 2.75) is 19.4 Å². The standard InChI is InChI=1S/C14H16N2/c1-14(2,15)13-9-8-12(10-16-13)11-6-4-3-5-7-11/h3-10H,15H2,1-2H3. The summed E-state index contributed by atoms with van der Waals surface area (Å²) in [6.07, 6.45) is 1.87. The highest BCUT2D eigenvalue weighted by Gasteiger charge is 2.15. The van der Waals surface area contributed by atoms with E-state index in [9.17, 15) is 0 Å². The first-order valence-electron chi connectivity index (χ1n) is 5.38. The van der Waals surface area contributed by atoms with Crippen molar-refractivity contribution >= 4 is 0 Å². The van der Waals surface area contributed by atoms with Crippen molar-refractivity contribution in [3.63, 3.8) is 0 Å². The molecule has 2 nitrogen and oxygen atoms in total. The average molecular weight is 212 g/mol. The van der Waals surface area contributed by atoms with Crippen molar-refractivity contribution in [3.05, 3.63) is 54.4 Å². The summed E-state index contributed by atoms with van der Waals surface area (Å²) in [4.78, 5) is 4.40. The summed E-state index contributed by atoms with van der Waals surface area (Å²) in [5, 5.41) is 0. The molecule has 0 aliphatic carbocycles. The monoisotopic (exact) mass is 212 g/mol. The highest BCUT2D eigenvalue weighted by molar-refractivity contribution is 5.62. The second-order valence-electron chi connectivity index (χ2n) is 4.52. The molecule has 1 heterocycles. The van der Waals surface area contributed by atoms with Gasteiger partial charge in [-0.15, -0.1) is 0 Å². The fraction of sp³-hybridized carbons (Fsp3) is 0.214. The zero-order valence-electron chi connectivity index (χ0n) is 9.64. The van der Waals surface area contributed by atoms with E-state index in [1.54, 1.807) is 0 Å². The van der Waals surface area contributed by atoms with Crippen LogP contribution in [0.2, 0.25) is 0 Å². The molecule has 0 radical (unpaired) electrons. The molecule has 0 saturated heterocycles. The van der Waals surface area contributed by atoms with Crippen LogP contribution in [-0.4, -0.2) is 4.98 Å². The maximum Gasteiger partial charge on any atom is 0.0597 e. The van der Waals surface area contributed by atoms with Crippen LogP contribution >= 0.6 is 0 Å². The van der Waals surface area contributed by atoms with Gasteiger partial charge in [0.15, 0.2) is 0 Å². The maximum atomic E-state index is 5.98. The Labute approximate surface area is 96.1 Å². The predicted octanol–water partition coefficient (Wildman–Crippen LogP) is 2.94. The third-order valence-electron chi connectivity index (χ3n) is 2.53. The van der Waals surface area contributed by atoms with Gasteiger partial charge in [0.1, 0.15) is 0 Å². The van der Waals surface area contributed by atoms with Gasteiger partial charge >= 0.3 is 0 Å². The molecule has 2 N–H and O–H groups in total. The molecule has 0 atom stereocenters. The van der Waals surface area contributed by atoms with Gasteiger partial charge in [0.2, 0.25) is 0 Å². The molecule has 0 saturated carbocycles. The first-order chi connectivity index (χ1) is 7.57. The lowest BCUT2D eigenvalue weighted by atomic mass is 10.00. The quantitative estimate of drug-likeness (QED) is 0.831. The average Bonchev–Trinajstić information content (AvgIpc) is 2.29. The molecule has 0 aliphatic heterocycles. The zero-order valence-corrected chi connectivity index (χ0v) is 9.64. The number of hydrogen-bond acceptors (Lipinski definition) is 2. The smallest absolute Gasteiger partial charge is 0.0597 e. The number of rotatable bonds is 2. The lowest BCUT2D eigenvalue weighted by Gasteiger charge is -2.17. The number of benzene rings is 1. The minimum atomic E-state index is -0.380. The molecule has 0 bridgehead atoms. The Morgan fingerprint density at radius 2 is 1.62 bits per heavy atom. The lowest BCUT2D eigenvalue weighted by molar-refractivity contribution is 0.535. The van der Waals surface area contributed by atoms with E-state index >= 15 is 0 Å². The number of hydrogen-bond donors (Lipinski definition) is 1. The molecular formula is C14H16N2. The van der Waals surface area contributed by atoms with Gasteiger partial charge in [-0.1, -0.05) is 36.4 Å². The van der Waals surface area contributed by atoms with Gasteiger partial charge < -0.3 is 5.73 Å². The van der Waals surface area contributed by atoms with Crippen LogP contribution in [0.4, 0.5) is 0 Å². The fourth-order valence-corrected chi connectivity index (χ4v) is 1.58. The number of nitrogens with two attached hydrogens (primary N) is 1. The Hall–Kier alpha value is -1.67. The number of aromatic nitrogens is 1. The molecule has 2 aromatic rings. The van der Waals surface area contributed by atoms with Gasteiger partial charge in [-0.05, 0) is 25.5 Å². The Morgan fingerprint density at radius 1 is 0.938 bits per heavy atom. The van der Waals surface area contributed by atoms with E-state index in [0.29, 0.717) is 0 Å². The van der Waals surface area contributed by atoms with Crippen LogP contribution in [0.1, 0.15) is 19.5 Å². The van der Waals surface area contributed by atoms with Gasteiger partial charge in [-0.25, -0.2) is 0 Å². The third kappa shape index (κ3) is 2.28. The summed E-state index contributed by atoms with van der Waals surface area (Å²) < 4.78 is 0. The summed E-state index contributed by atoms with van der Waals surface area (Å²) in [5.74, 6) is 0. The summed E-state index contributed by atoms with van der Waals surface area (Å²) >= 11 is 0. The van der Waals surface area contributed by atoms with Gasteiger partial charge in [-0.3, -0.25) is 4.98 Å². The second-order valence-corrected chi connectivity index (χ2v) is 4.52. The molecule has 1 aromatic carbocycles. The van der Waals surface area contributed by atoms with Crippen LogP contribution in [0.3, 0.4) is 0 Å². The van der Waals surface area contributed by atoms with Crippen LogP contribution in [0, 0.1) is 0 Å². The summed E-state index contributed by atoms with van der Waals surface area (Å²) in [6.45, 7) is 3.91.